The fraction of sp³-hybridized carbons (Fsp3) is 0.896. The molecule has 0 aliphatic heterocycles. The average molecular weight is 764 g/mol. The Balaban J connectivity index is 3.58. The standard InChI is InChI=1S/C48H93NO5/c1-3-5-7-9-11-13-15-16-17-18-19-20-21-22-23-24-25-26-27-28-29-30-31-32-34-36-38-40-42-46(52)48(54)49-44(43-50)47(53)45(51)41-39-37-35-33-14-12-10-8-6-4-2/h8,10,33,35,44-47,50-53H,3-7,9,11-32,34,36-43H2,1-2H3,(H,49,54)/b10-8+,35-33+. The molecule has 4 atom stereocenters. The molecule has 0 bridgehead atoms. The predicted octanol–water partition coefficient (Wildman–Crippen LogP) is 12.7. The Morgan fingerprint density at radius 3 is 1.17 bits per heavy atom. The molecule has 0 fully saturated rings. The van der Waals surface area contributed by atoms with Gasteiger partial charge in [-0.15, -0.1) is 0 Å². The van der Waals surface area contributed by atoms with Crippen molar-refractivity contribution in [3.63, 3.8) is 0 Å². The number of rotatable bonds is 43. The number of unbranched alkanes of at least 4 members (excludes halogenated alkanes) is 30. The van der Waals surface area contributed by atoms with E-state index in [2.05, 4.69) is 43.5 Å². The van der Waals surface area contributed by atoms with Gasteiger partial charge in [0.05, 0.1) is 18.8 Å². The summed E-state index contributed by atoms with van der Waals surface area (Å²) in [6, 6.07) is -1.00. The SMILES string of the molecule is CCC/C=C/CC/C=C/CCCC(O)C(O)C(CO)NC(=O)C(O)CCCCCCCCCCCCCCCCCCCCCCCCCCCCCC. The van der Waals surface area contributed by atoms with E-state index in [1.54, 1.807) is 0 Å². The van der Waals surface area contributed by atoms with Gasteiger partial charge in [-0.25, -0.2) is 0 Å². The number of nitrogens with one attached hydrogen (secondary N) is 1. The van der Waals surface area contributed by atoms with Crippen LogP contribution >= 0.6 is 0 Å². The van der Waals surface area contributed by atoms with Crippen molar-refractivity contribution in [2.75, 3.05) is 6.61 Å². The van der Waals surface area contributed by atoms with Crippen LogP contribution in [0.3, 0.4) is 0 Å². The lowest BCUT2D eigenvalue weighted by Gasteiger charge is -2.27. The maximum atomic E-state index is 12.5. The minimum atomic E-state index is -1.28. The Kier molecular flexibility index (Phi) is 42.0. The highest BCUT2D eigenvalue weighted by atomic mass is 16.3. The normalized spacial score (nSPS) is 14.3. The van der Waals surface area contributed by atoms with Gasteiger partial charge in [0.25, 0.3) is 0 Å². The topological polar surface area (TPSA) is 110 Å². The van der Waals surface area contributed by atoms with E-state index in [0.29, 0.717) is 19.3 Å². The maximum Gasteiger partial charge on any atom is 0.249 e. The second-order valence-corrected chi connectivity index (χ2v) is 16.4. The zero-order chi connectivity index (χ0) is 39.6. The Morgan fingerprint density at radius 1 is 0.444 bits per heavy atom. The molecule has 0 saturated carbocycles. The number of carbonyl (C=O) groups excluding carboxylic acids is 1. The summed E-state index contributed by atoms with van der Waals surface area (Å²) in [5.74, 6) is -0.596. The molecule has 6 nitrogen and oxygen atoms in total. The summed E-state index contributed by atoms with van der Waals surface area (Å²) in [6.45, 7) is 3.96. The number of carbonyl (C=O) groups is 1. The maximum absolute atomic E-state index is 12.5. The van der Waals surface area contributed by atoms with Gasteiger partial charge in [-0.3, -0.25) is 4.79 Å². The number of allylic oxidation sites excluding steroid dienone is 4. The van der Waals surface area contributed by atoms with E-state index in [1.165, 1.54) is 167 Å². The summed E-state index contributed by atoms with van der Waals surface area (Å²) >= 11 is 0. The molecular formula is C48H93NO5. The summed E-state index contributed by atoms with van der Waals surface area (Å²) in [5, 5.41) is 43.5. The molecule has 0 aliphatic carbocycles. The number of hydrogen-bond donors (Lipinski definition) is 5. The number of aliphatic hydroxyl groups excluding tert-OH is 4. The molecule has 5 N–H and O–H groups in total. The smallest absolute Gasteiger partial charge is 0.249 e. The summed E-state index contributed by atoms with van der Waals surface area (Å²) in [4.78, 5) is 12.5. The quantitative estimate of drug-likeness (QED) is 0.0314. The highest BCUT2D eigenvalue weighted by molar-refractivity contribution is 5.80. The van der Waals surface area contributed by atoms with Gasteiger partial charge in [-0.2, -0.15) is 0 Å². The lowest BCUT2D eigenvalue weighted by Crippen LogP contribution is -2.53. The van der Waals surface area contributed by atoms with Crippen LogP contribution in [0.25, 0.3) is 0 Å². The molecule has 0 aromatic heterocycles. The lowest BCUT2D eigenvalue weighted by molar-refractivity contribution is -0.132. The first-order valence-electron chi connectivity index (χ1n) is 23.7. The van der Waals surface area contributed by atoms with Crippen molar-refractivity contribution in [3.05, 3.63) is 24.3 Å². The number of amides is 1. The van der Waals surface area contributed by atoms with E-state index >= 15 is 0 Å². The van der Waals surface area contributed by atoms with Gasteiger partial charge in [-0.1, -0.05) is 224 Å². The first-order valence-corrected chi connectivity index (χ1v) is 23.7. The van der Waals surface area contributed by atoms with E-state index in [4.69, 9.17) is 0 Å². The second kappa shape index (κ2) is 42.9. The van der Waals surface area contributed by atoms with E-state index < -0.39 is 36.9 Å². The van der Waals surface area contributed by atoms with Gasteiger partial charge >= 0.3 is 0 Å². The Bertz CT molecular complexity index is 817. The van der Waals surface area contributed by atoms with Crippen LogP contribution < -0.4 is 5.32 Å². The van der Waals surface area contributed by atoms with Crippen LogP contribution in [-0.2, 0) is 4.79 Å². The third-order valence-electron chi connectivity index (χ3n) is 11.1. The van der Waals surface area contributed by atoms with Crippen LogP contribution in [0.1, 0.15) is 245 Å². The molecule has 0 aromatic carbocycles. The number of aliphatic hydroxyl groups is 4. The molecule has 54 heavy (non-hydrogen) atoms. The van der Waals surface area contributed by atoms with Gasteiger partial charge in [0.15, 0.2) is 0 Å². The Hall–Kier alpha value is -1.21. The first kappa shape index (κ1) is 52.8. The van der Waals surface area contributed by atoms with E-state index in [0.717, 1.165) is 44.9 Å². The van der Waals surface area contributed by atoms with Crippen molar-refractivity contribution < 1.29 is 25.2 Å². The third-order valence-corrected chi connectivity index (χ3v) is 11.1. The molecule has 0 saturated heterocycles. The van der Waals surface area contributed by atoms with Crippen molar-refractivity contribution in [2.45, 2.75) is 269 Å². The fourth-order valence-corrected chi connectivity index (χ4v) is 7.37. The molecule has 0 radical (unpaired) electrons. The molecule has 0 heterocycles. The van der Waals surface area contributed by atoms with Crippen LogP contribution in [0.5, 0.6) is 0 Å². The van der Waals surface area contributed by atoms with Crippen molar-refractivity contribution in [3.8, 4) is 0 Å². The third kappa shape index (κ3) is 36.4. The number of hydrogen-bond acceptors (Lipinski definition) is 5. The average Bonchev–Trinajstić information content (AvgIpc) is 3.18. The molecular weight excluding hydrogens is 671 g/mol. The van der Waals surface area contributed by atoms with Gasteiger partial charge in [-0.05, 0) is 44.9 Å². The summed E-state index contributed by atoms with van der Waals surface area (Å²) in [7, 11) is 0. The van der Waals surface area contributed by atoms with Crippen LogP contribution in [0.4, 0.5) is 0 Å². The van der Waals surface area contributed by atoms with Crippen molar-refractivity contribution in [1.29, 1.82) is 0 Å². The summed E-state index contributed by atoms with van der Waals surface area (Å²) in [5.41, 5.74) is 0. The molecule has 1 amide bonds. The first-order chi connectivity index (χ1) is 26.5. The van der Waals surface area contributed by atoms with Crippen LogP contribution in [-0.4, -0.2) is 57.3 Å². The van der Waals surface area contributed by atoms with E-state index in [9.17, 15) is 25.2 Å². The van der Waals surface area contributed by atoms with Crippen molar-refractivity contribution >= 4 is 5.91 Å². The van der Waals surface area contributed by atoms with E-state index in [-0.39, 0.29) is 0 Å². The van der Waals surface area contributed by atoms with Gasteiger partial charge in [0.2, 0.25) is 5.91 Å². The van der Waals surface area contributed by atoms with E-state index in [1.807, 2.05) is 0 Å². The van der Waals surface area contributed by atoms with Crippen LogP contribution in [0, 0.1) is 0 Å². The van der Waals surface area contributed by atoms with Gasteiger partial charge in [0, 0.05) is 0 Å². The second-order valence-electron chi connectivity index (χ2n) is 16.4. The monoisotopic (exact) mass is 764 g/mol. The van der Waals surface area contributed by atoms with Gasteiger partial charge < -0.3 is 25.7 Å². The Morgan fingerprint density at radius 2 is 0.796 bits per heavy atom. The summed E-state index contributed by atoms with van der Waals surface area (Å²) in [6.07, 6.45) is 49.6. The van der Waals surface area contributed by atoms with Crippen molar-refractivity contribution in [1.82, 2.24) is 5.32 Å². The zero-order valence-corrected chi connectivity index (χ0v) is 36.0. The Labute approximate surface area is 335 Å². The molecule has 0 spiro atoms. The lowest BCUT2D eigenvalue weighted by atomic mass is 10.00. The molecule has 320 valence electrons. The zero-order valence-electron chi connectivity index (χ0n) is 36.0. The molecule has 6 heteroatoms. The molecule has 4 unspecified atom stereocenters. The van der Waals surface area contributed by atoms with Gasteiger partial charge in [0.1, 0.15) is 12.2 Å². The predicted molar refractivity (Wildman–Crippen MR) is 233 cm³/mol. The highest BCUT2D eigenvalue weighted by Crippen LogP contribution is 2.17. The minimum absolute atomic E-state index is 0.364. The fourth-order valence-electron chi connectivity index (χ4n) is 7.37. The van der Waals surface area contributed by atoms with Crippen LogP contribution in [0.2, 0.25) is 0 Å². The highest BCUT2D eigenvalue weighted by Gasteiger charge is 2.28. The van der Waals surface area contributed by atoms with Crippen molar-refractivity contribution in [2.24, 2.45) is 0 Å². The summed E-state index contributed by atoms with van der Waals surface area (Å²) < 4.78 is 0. The molecule has 0 aromatic rings. The largest absolute Gasteiger partial charge is 0.394 e. The van der Waals surface area contributed by atoms with Crippen LogP contribution in [0.15, 0.2) is 24.3 Å². The molecule has 0 rings (SSSR count). The minimum Gasteiger partial charge on any atom is -0.394 e. The molecule has 0 aliphatic rings.